The number of carbonyl (C=O) groups is 1. The molecule has 1 atom stereocenters. The van der Waals surface area contributed by atoms with Gasteiger partial charge < -0.3 is 24.7 Å². The number of methoxy groups -OCH3 is 1. The van der Waals surface area contributed by atoms with E-state index in [-0.39, 0.29) is 18.1 Å². The van der Waals surface area contributed by atoms with Crippen molar-refractivity contribution >= 4 is 5.91 Å². The summed E-state index contributed by atoms with van der Waals surface area (Å²) in [6.07, 6.45) is 3.81. The molecule has 1 fully saturated rings. The second-order valence-corrected chi connectivity index (χ2v) is 7.96. The Morgan fingerprint density at radius 1 is 1.24 bits per heavy atom. The van der Waals surface area contributed by atoms with Crippen molar-refractivity contribution in [1.29, 1.82) is 0 Å². The van der Waals surface area contributed by atoms with Crippen molar-refractivity contribution in [2.24, 2.45) is 0 Å². The quantitative estimate of drug-likeness (QED) is 0.744. The van der Waals surface area contributed by atoms with Gasteiger partial charge in [-0.1, -0.05) is 0 Å². The van der Waals surface area contributed by atoms with Crippen LogP contribution in [0.1, 0.15) is 61.5 Å². The zero-order valence-corrected chi connectivity index (χ0v) is 18.0. The summed E-state index contributed by atoms with van der Waals surface area (Å²) in [4.78, 5) is 22.6. The average molecular weight is 401 g/mol. The Hall–Kier alpha value is -2.54. The van der Waals surface area contributed by atoms with Gasteiger partial charge in [-0.25, -0.2) is 4.98 Å². The van der Waals surface area contributed by atoms with E-state index < -0.39 is 0 Å². The second-order valence-electron chi connectivity index (χ2n) is 7.96. The number of amides is 1. The molecule has 7 heteroatoms. The van der Waals surface area contributed by atoms with Crippen molar-refractivity contribution in [3.63, 3.8) is 0 Å². The van der Waals surface area contributed by atoms with Crippen LogP contribution in [0.15, 0.2) is 24.4 Å². The normalized spacial score (nSPS) is 16.6. The van der Waals surface area contributed by atoms with Gasteiger partial charge in [0.05, 0.1) is 13.2 Å². The average Bonchev–Trinajstić information content (AvgIpc) is 3.15. The lowest BCUT2D eigenvalue weighted by molar-refractivity contribution is 0.0818. The number of nitrogens with one attached hydrogen (secondary N) is 2. The van der Waals surface area contributed by atoms with E-state index in [9.17, 15) is 4.79 Å². The molecular weight excluding hydrogens is 368 g/mol. The minimum absolute atomic E-state index is 0.127. The van der Waals surface area contributed by atoms with Gasteiger partial charge in [-0.2, -0.15) is 0 Å². The summed E-state index contributed by atoms with van der Waals surface area (Å²) in [7, 11) is 1.62. The first kappa shape index (κ1) is 21.2. The number of H-pyrrole nitrogens is 1. The van der Waals surface area contributed by atoms with Crippen LogP contribution >= 0.6 is 0 Å². The lowest BCUT2D eigenvalue weighted by Crippen LogP contribution is -2.41. The summed E-state index contributed by atoms with van der Waals surface area (Å²) in [5.74, 6) is 1.82. The molecule has 3 rings (SSSR count). The van der Waals surface area contributed by atoms with E-state index in [2.05, 4.69) is 34.0 Å². The number of ether oxygens (including phenoxy) is 2. The molecule has 2 aromatic rings. The molecule has 2 N–H and O–H groups in total. The van der Waals surface area contributed by atoms with Gasteiger partial charge in [0.2, 0.25) is 0 Å². The molecule has 7 nitrogen and oxygen atoms in total. The molecule has 1 aliphatic heterocycles. The molecule has 158 valence electrons. The van der Waals surface area contributed by atoms with Gasteiger partial charge >= 0.3 is 0 Å². The Bertz CT molecular complexity index is 825. The minimum atomic E-state index is -0.219. The number of hydrogen-bond acceptors (Lipinski definition) is 5. The molecule has 29 heavy (non-hydrogen) atoms. The molecule has 1 aromatic heterocycles. The Labute approximate surface area is 172 Å². The summed E-state index contributed by atoms with van der Waals surface area (Å²) in [6.45, 7) is 10.3. The number of carbonyl (C=O) groups excluding carboxylic acids is 1. The Balaban J connectivity index is 1.67. The van der Waals surface area contributed by atoms with Crippen LogP contribution in [-0.2, 0) is 0 Å². The molecule has 0 bridgehead atoms. The van der Waals surface area contributed by atoms with Crippen molar-refractivity contribution in [2.45, 2.75) is 58.7 Å². The molecule has 0 aliphatic carbocycles. The Morgan fingerprint density at radius 2 is 1.97 bits per heavy atom. The molecular formula is C22H32N4O3. The highest BCUT2D eigenvalue weighted by molar-refractivity contribution is 5.95. The number of rotatable bonds is 7. The number of aromatic nitrogens is 2. The van der Waals surface area contributed by atoms with Crippen LogP contribution in [0.25, 0.3) is 0 Å². The summed E-state index contributed by atoms with van der Waals surface area (Å²) in [5, 5.41) is 2.98. The van der Waals surface area contributed by atoms with Crippen LogP contribution in [-0.4, -0.2) is 53.1 Å². The number of hydrogen-bond donors (Lipinski definition) is 2. The van der Waals surface area contributed by atoms with E-state index in [0.29, 0.717) is 23.1 Å². The number of piperidine rings is 1. The van der Waals surface area contributed by atoms with Crippen LogP contribution in [0.5, 0.6) is 11.5 Å². The molecule has 0 unspecified atom stereocenters. The fourth-order valence-corrected chi connectivity index (χ4v) is 3.60. The SMILES string of the molecule is COc1ccc(C(=O)N[C@H](C)c2ncc(C)[nH]2)cc1OC1CCN(C(C)C)CC1. The molecule has 0 radical (unpaired) electrons. The van der Waals surface area contributed by atoms with E-state index in [4.69, 9.17) is 9.47 Å². The monoisotopic (exact) mass is 400 g/mol. The molecule has 1 saturated heterocycles. The fraction of sp³-hybridized carbons (Fsp3) is 0.545. The van der Waals surface area contributed by atoms with Gasteiger partial charge in [0.1, 0.15) is 11.9 Å². The third-order valence-electron chi connectivity index (χ3n) is 5.41. The van der Waals surface area contributed by atoms with Crippen molar-refractivity contribution in [1.82, 2.24) is 20.2 Å². The standard InChI is InChI=1S/C22H32N4O3/c1-14(2)26-10-8-18(9-11-26)29-20-12-17(6-7-19(20)28-5)22(27)25-16(4)21-23-13-15(3)24-21/h6-7,12-14,16,18H,8-11H2,1-5H3,(H,23,24)(H,25,27)/t16-/m1/s1. The van der Waals surface area contributed by atoms with Gasteiger partial charge in [0, 0.05) is 36.6 Å². The summed E-state index contributed by atoms with van der Waals surface area (Å²) < 4.78 is 11.7. The minimum Gasteiger partial charge on any atom is -0.493 e. The maximum absolute atomic E-state index is 12.7. The van der Waals surface area contributed by atoms with Gasteiger partial charge in [-0.3, -0.25) is 4.79 Å². The molecule has 2 heterocycles. The van der Waals surface area contributed by atoms with Gasteiger partial charge in [-0.15, -0.1) is 0 Å². The zero-order chi connectivity index (χ0) is 21.0. The van der Waals surface area contributed by atoms with Gasteiger partial charge in [0.15, 0.2) is 11.5 Å². The molecule has 0 saturated carbocycles. The van der Waals surface area contributed by atoms with Crippen molar-refractivity contribution in [3.8, 4) is 11.5 Å². The number of aromatic amines is 1. The highest BCUT2D eigenvalue weighted by Crippen LogP contribution is 2.31. The molecule has 0 spiro atoms. The lowest BCUT2D eigenvalue weighted by Gasteiger charge is -2.34. The first-order valence-electron chi connectivity index (χ1n) is 10.3. The van der Waals surface area contributed by atoms with E-state index in [1.807, 2.05) is 13.8 Å². The van der Waals surface area contributed by atoms with Crippen LogP contribution in [0, 0.1) is 6.92 Å². The highest BCUT2D eigenvalue weighted by Gasteiger charge is 2.24. The summed E-state index contributed by atoms with van der Waals surface area (Å²) in [5.41, 5.74) is 1.50. The summed E-state index contributed by atoms with van der Waals surface area (Å²) >= 11 is 0. The number of nitrogens with zero attached hydrogens (tertiary/aromatic N) is 2. The Kier molecular flexibility index (Phi) is 6.79. The largest absolute Gasteiger partial charge is 0.493 e. The zero-order valence-electron chi connectivity index (χ0n) is 18.0. The third-order valence-corrected chi connectivity index (χ3v) is 5.41. The van der Waals surface area contributed by atoms with E-state index in [1.54, 1.807) is 31.5 Å². The van der Waals surface area contributed by atoms with E-state index in [0.717, 1.165) is 37.4 Å². The smallest absolute Gasteiger partial charge is 0.251 e. The highest BCUT2D eigenvalue weighted by atomic mass is 16.5. The van der Waals surface area contributed by atoms with Crippen LogP contribution < -0.4 is 14.8 Å². The van der Waals surface area contributed by atoms with Crippen molar-refractivity contribution in [3.05, 3.63) is 41.5 Å². The Morgan fingerprint density at radius 3 is 2.55 bits per heavy atom. The van der Waals surface area contributed by atoms with Gasteiger partial charge in [-0.05, 0) is 58.7 Å². The van der Waals surface area contributed by atoms with Crippen LogP contribution in [0.3, 0.4) is 0 Å². The first-order valence-corrected chi connectivity index (χ1v) is 10.3. The topological polar surface area (TPSA) is 79.5 Å². The summed E-state index contributed by atoms with van der Waals surface area (Å²) in [6, 6.07) is 5.64. The number of likely N-dealkylation sites (tertiary alicyclic amines) is 1. The third kappa shape index (κ3) is 5.29. The van der Waals surface area contributed by atoms with E-state index in [1.165, 1.54) is 0 Å². The number of aryl methyl sites for hydroxylation is 1. The van der Waals surface area contributed by atoms with Crippen molar-refractivity contribution < 1.29 is 14.3 Å². The van der Waals surface area contributed by atoms with Crippen LogP contribution in [0.2, 0.25) is 0 Å². The van der Waals surface area contributed by atoms with Gasteiger partial charge in [0.25, 0.3) is 5.91 Å². The predicted octanol–water partition coefficient (Wildman–Crippen LogP) is 3.47. The maximum Gasteiger partial charge on any atom is 0.251 e. The van der Waals surface area contributed by atoms with Crippen molar-refractivity contribution in [2.75, 3.05) is 20.2 Å². The van der Waals surface area contributed by atoms with Crippen LogP contribution in [0.4, 0.5) is 0 Å². The second kappa shape index (κ2) is 9.31. The number of benzene rings is 1. The lowest BCUT2D eigenvalue weighted by atomic mass is 10.1. The van der Waals surface area contributed by atoms with E-state index >= 15 is 0 Å². The molecule has 1 amide bonds. The maximum atomic E-state index is 12.7. The molecule has 1 aliphatic rings. The molecule has 1 aromatic carbocycles. The fourth-order valence-electron chi connectivity index (χ4n) is 3.60. The number of imidazole rings is 1. The first-order chi connectivity index (χ1) is 13.9. The predicted molar refractivity (Wildman–Crippen MR) is 113 cm³/mol.